The summed E-state index contributed by atoms with van der Waals surface area (Å²) < 4.78 is 26.7. The van der Waals surface area contributed by atoms with Crippen LogP contribution in [-0.2, 0) is 19.9 Å². The Kier molecular flexibility index (Phi) is 5.32. The fraction of sp³-hybridized carbons (Fsp3) is 0.500. The van der Waals surface area contributed by atoms with E-state index < -0.39 is 11.6 Å². The number of benzene rings is 1. The Labute approximate surface area is 122 Å². The zero-order valence-electron chi connectivity index (χ0n) is 12.2. The fourth-order valence-electron chi connectivity index (χ4n) is 2.14. The molecule has 0 aliphatic rings. The minimum atomic E-state index is -0.565. The van der Waals surface area contributed by atoms with E-state index in [4.69, 9.17) is 0 Å². The number of aromatic nitrogens is 4. The Hall–Kier alpha value is -1.89. The van der Waals surface area contributed by atoms with Crippen molar-refractivity contribution in [1.82, 2.24) is 25.5 Å². The van der Waals surface area contributed by atoms with E-state index in [-0.39, 0.29) is 6.04 Å². The van der Waals surface area contributed by atoms with Gasteiger partial charge in [0.15, 0.2) is 5.82 Å². The molecule has 0 amide bonds. The molecule has 0 fully saturated rings. The average Bonchev–Trinajstić information content (AvgIpc) is 2.84. The van der Waals surface area contributed by atoms with Gasteiger partial charge in [0, 0.05) is 18.5 Å². The average molecular weight is 295 g/mol. The molecule has 1 unspecified atom stereocenters. The van der Waals surface area contributed by atoms with Crippen LogP contribution in [0.5, 0.6) is 0 Å². The highest BCUT2D eigenvalue weighted by Gasteiger charge is 2.15. The van der Waals surface area contributed by atoms with Gasteiger partial charge < -0.3 is 5.32 Å². The first-order chi connectivity index (χ1) is 10.1. The molecule has 0 saturated carbocycles. The number of hydrogen-bond acceptors (Lipinski definition) is 4. The number of halogens is 2. The Morgan fingerprint density at radius 2 is 2.10 bits per heavy atom. The van der Waals surface area contributed by atoms with E-state index in [2.05, 4.69) is 27.7 Å². The molecule has 0 bridgehead atoms. The summed E-state index contributed by atoms with van der Waals surface area (Å²) in [6.45, 7) is 2.87. The molecular weight excluding hydrogens is 276 g/mol. The van der Waals surface area contributed by atoms with Crippen LogP contribution < -0.4 is 5.32 Å². The molecule has 2 rings (SSSR count). The topological polar surface area (TPSA) is 55.6 Å². The molecule has 1 N–H and O–H groups in total. The predicted molar refractivity (Wildman–Crippen MR) is 74.6 cm³/mol. The third-order valence-corrected chi connectivity index (χ3v) is 3.14. The number of nitrogens with zero attached hydrogens (tertiary/aromatic N) is 4. The highest BCUT2D eigenvalue weighted by Crippen LogP contribution is 2.13. The fourth-order valence-corrected chi connectivity index (χ4v) is 2.14. The summed E-state index contributed by atoms with van der Waals surface area (Å²) in [5.41, 5.74) is 0.480. The number of aryl methyl sites for hydroxylation is 1. The quantitative estimate of drug-likeness (QED) is 0.844. The zero-order chi connectivity index (χ0) is 15.2. The summed E-state index contributed by atoms with van der Waals surface area (Å²) in [6, 6.07) is 3.65. The largest absolute Gasteiger partial charge is 0.313 e. The van der Waals surface area contributed by atoms with E-state index in [9.17, 15) is 8.78 Å². The highest BCUT2D eigenvalue weighted by molar-refractivity contribution is 5.20. The Bertz CT molecular complexity index is 584. The molecule has 21 heavy (non-hydrogen) atoms. The molecule has 0 radical (unpaired) electrons. The van der Waals surface area contributed by atoms with E-state index in [0.29, 0.717) is 24.2 Å². The first-order valence-corrected chi connectivity index (χ1v) is 6.98. The second-order valence-corrected chi connectivity index (χ2v) is 4.99. The molecular formula is C14H19F2N5. The molecule has 1 aromatic carbocycles. The van der Waals surface area contributed by atoms with Crippen LogP contribution in [0.2, 0.25) is 0 Å². The van der Waals surface area contributed by atoms with Gasteiger partial charge in [0.1, 0.15) is 11.6 Å². The molecule has 0 spiro atoms. The van der Waals surface area contributed by atoms with Gasteiger partial charge in [-0.15, -0.1) is 10.2 Å². The van der Waals surface area contributed by atoms with Gasteiger partial charge in [0.05, 0.1) is 7.05 Å². The van der Waals surface area contributed by atoms with E-state index >= 15 is 0 Å². The van der Waals surface area contributed by atoms with E-state index in [1.165, 1.54) is 16.9 Å². The molecule has 7 heteroatoms. The standard InChI is InChI=1S/C14H19F2N5/c1-3-6-17-12(9-14-18-20-21(2)19-14)7-10-4-5-11(15)8-13(10)16/h4-5,8,12,17H,3,6-7,9H2,1-2H3. The van der Waals surface area contributed by atoms with Crippen LogP contribution in [0.1, 0.15) is 24.7 Å². The summed E-state index contributed by atoms with van der Waals surface area (Å²) in [5, 5.41) is 15.2. The lowest BCUT2D eigenvalue weighted by Gasteiger charge is -2.17. The maximum absolute atomic E-state index is 13.8. The van der Waals surface area contributed by atoms with Crippen molar-refractivity contribution < 1.29 is 8.78 Å². The number of hydrogen-bond donors (Lipinski definition) is 1. The van der Waals surface area contributed by atoms with Crippen LogP contribution >= 0.6 is 0 Å². The van der Waals surface area contributed by atoms with Crippen LogP contribution in [0.25, 0.3) is 0 Å². The summed E-state index contributed by atoms with van der Waals surface area (Å²) in [7, 11) is 1.70. The molecule has 0 aliphatic carbocycles. The smallest absolute Gasteiger partial charge is 0.176 e. The van der Waals surface area contributed by atoms with E-state index in [0.717, 1.165) is 19.0 Å². The maximum atomic E-state index is 13.8. The van der Waals surface area contributed by atoms with Crippen LogP contribution in [-0.4, -0.2) is 32.8 Å². The van der Waals surface area contributed by atoms with Gasteiger partial charge in [0.25, 0.3) is 0 Å². The van der Waals surface area contributed by atoms with Gasteiger partial charge in [-0.25, -0.2) is 8.78 Å². The first-order valence-electron chi connectivity index (χ1n) is 6.98. The second-order valence-electron chi connectivity index (χ2n) is 4.99. The van der Waals surface area contributed by atoms with Gasteiger partial charge in [-0.05, 0) is 36.2 Å². The van der Waals surface area contributed by atoms with Crippen LogP contribution in [0, 0.1) is 11.6 Å². The van der Waals surface area contributed by atoms with Crippen LogP contribution in [0.15, 0.2) is 18.2 Å². The highest BCUT2D eigenvalue weighted by atomic mass is 19.1. The van der Waals surface area contributed by atoms with Crippen molar-refractivity contribution in [3.8, 4) is 0 Å². The Balaban J connectivity index is 2.08. The predicted octanol–water partition coefficient (Wildman–Crippen LogP) is 1.64. The molecule has 1 atom stereocenters. The van der Waals surface area contributed by atoms with Crippen molar-refractivity contribution >= 4 is 0 Å². The third-order valence-electron chi connectivity index (χ3n) is 3.14. The lowest BCUT2D eigenvalue weighted by Crippen LogP contribution is -2.34. The van der Waals surface area contributed by atoms with Gasteiger partial charge in [-0.2, -0.15) is 4.80 Å². The first kappa shape index (κ1) is 15.5. The minimum absolute atomic E-state index is 0.0193. The summed E-state index contributed by atoms with van der Waals surface area (Å²) in [6.07, 6.45) is 1.96. The van der Waals surface area contributed by atoms with Gasteiger partial charge in [0.2, 0.25) is 0 Å². The number of tetrazole rings is 1. The Morgan fingerprint density at radius 1 is 1.29 bits per heavy atom. The molecule has 5 nitrogen and oxygen atoms in total. The van der Waals surface area contributed by atoms with Crippen molar-refractivity contribution in [2.75, 3.05) is 6.54 Å². The molecule has 0 aliphatic heterocycles. The lowest BCUT2D eigenvalue weighted by molar-refractivity contribution is 0.481. The van der Waals surface area contributed by atoms with Gasteiger partial charge in [-0.3, -0.25) is 0 Å². The number of nitrogens with one attached hydrogen (secondary N) is 1. The van der Waals surface area contributed by atoms with Crippen molar-refractivity contribution in [2.24, 2.45) is 7.05 Å². The molecule has 114 valence electrons. The van der Waals surface area contributed by atoms with Crippen molar-refractivity contribution in [3.63, 3.8) is 0 Å². The Morgan fingerprint density at radius 3 is 2.71 bits per heavy atom. The second kappa shape index (κ2) is 7.21. The molecule has 0 saturated heterocycles. The maximum Gasteiger partial charge on any atom is 0.176 e. The van der Waals surface area contributed by atoms with E-state index in [1.54, 1.807) is 7.05 Å². The van der Waals surface area contributed by atoms with Crippen molar-refractivity contribution in [1.29, 1.82) is 0 Å². The summed E-state index contributed by atoms with van der Waals surface area (Å²) >= 11 is 0. The monoisotopic (exact) mass is 295 g/mol. The minimum Gasteiger partial charge on any atom is -0.313 e. The van der Waals surface area contributed by atoms with Gasteiger partial charge in [-0.1, -0.05) is 13.0 Å². The number of rotatable bonds is 7. The van der Waals surface area contributed by atoms with Crippen LogP contribution in [0.4, 0.5) is 8.78 Å². The van der Waals surface area contributed by atoms with Crippen molar-refractivity contribution in [2.45, 2.75) is 32.2 Å². The van der Waals surface area contributed by atoms with Crippen LogP contribution in [0.3, 0.4) is 0 Å². The summed E-state index contributed by atoms with van der Waals surface area (Å²) in [5.74, 6) is -0.482. The van der Waals surface area contributed by atoms with Crippen molar-refractivity contribution in [3.05, 3.63) is 41.2 Å². The normalized spacial score (nSPS) is 12.6. The third kappa shape index (κ3) is 4.56. The zero-order valence-corrected chi connectivity index (χ0v) is 12.2. The lowest BCUT2D eigenvalue weighted by atomic mass is 10.0. The molecule has 2 aromatic rings. The SMILES string of the molecule is CCCNC(Cc1nnn(C)n1)Cc1ccc(F)cc1F. The summed E-state index contributed by atoms with van der Waals surface area (Å²) in [4.78, 5) is 1.39. The van der Waals surface area contributed by atoms with E-state index in [1.807, 2.05) is 0 Å². The molecule has 1 heterocycles. The van der Waals surface area contributed by atoms with Gasteiger partial charge >= 0.3 is 0 Å². The molecule has 1 aromatic heterocycles.